The highest BCUT2D eigenvalue weighted by Crippen LogP contribution is 2.08. The van der Waals surface area contributed by atoms with Gasteiger partial charge in [-0.15, -0.1) is 12.6 Å². The second-order valence-electron chi connectivity index (χ2n) is 3.37. The molecule has 0 aliphatic carbocycles. The molecule has 0 unspecified atom stereocenters. The predicted octanol–water partition coefficient (Wildman–Crippen LogP) is 0.928. The van der Waals surface area contributed by atoms with Crippen molar-refractivity contribution >= 4 is 29.6 Å². The smallest absolute Gasteiger partial charge is 0.253 e. The molecule has 0 fully saturated rings. The van der Waals surface area contributed by atoms with Gasteiger partial charge in [-0.05, 0) is 12.8 Å². The topological polar surface area (TPSA) is 54.5 Å². The quantitative estimate of drug-likeness (QED) is 0.417. The summed E-state index contributed by atoms with van der Waals surface area (Å²) in [5.74, 6) is -0.490. The van der Waals surface area contributed by atoms with Gasteiger partial charge in [0.05, 0.1) is 0 Å². The van der Waals surface area contributed by atoms with Crippen LogP contribution in [0.25, 0.3) is 0 Å². The first-order valence-corrected chi connectivity index (χ1v) is 5.31. The minimum absolute atomic E-state index is 0.120. The van der Waals surface area contributed by atoms with Crippen molar-refractivity contribution in [3.63, 3.8) is 0 Å². The zero-order valence-corrected chi connectivity index (χ0v) is 9.20. The van der Waals surface area contributed by atoms with Gasteiger partial charge in [0, 0.05) is 25.1 Å². The predicted molar refractivity (Wildman–Crippen MR) is 58.3 cm³/mol. The Morgan fingerprint density at radius 2 is 1.73 bits per heavy atom. The average molecular weight is 227 g/mol. The summed E-state index contributed by atoms with van der Waals surface area (Å²) in [5, 5.41) is -0.120. The summed E-state index contributed by atoms with van der Waals surface area (Å²) >= 11 is 3.65. The molecule has 1 rings (SSSR count). The Kier molecular flexibility index (Phi) is 4.55. The third kappa shape index (κ3) is 3.87. The second-order valence-corrected chi connectivity index (χ2v) is 3.86. The lowest BCUT2D eigenvalue weighted by atomic mass is 10.2. The fourth-order valence-corrected chi connectivity index (χ4v) is 1.53. The standard InChI is InChI=1S/C10H13NO3S/c12-8-5-6-9(13)11(8)7-3-1-2-4-10(14)15/h5-6H,1-4,7H2,(H,14,15). The highest BCUT2D eigenvalue weighted by Gasteiger charge is 2.21. The zero-order valence-electron chi connectivity index (χ0n) is 8.31. The van der Waals surface area contributed by atoms with Gasteiger partial charge in [0.2, 0.25) is 0 Å². The van der Waals surface area contributed by atoms with Crippen LogP contribution in [0.4, 0.5) is 0 Å². The summed E-state index contributed by atoms with van der Waals surface area (Å²) in [7, 11) is 0. The van der Waals surface area contributed by atoms with Crippen molar-refractivity contribution in [1.82, 2.24) is 4.90 Å². The molecule has 0 saturated heterocycles. The molecule has 0 spiro atoms. The normalized spacial score (nSPS) is 15.1. The van der Waals surface area contributed by atoms with Crippen LogP contribution in [0.2, 0.25) is 0 Å². The summed E-state index contributed by atoms with van der Waals surface area (Å²) in [4.78, 5) is 33.9. The molecule has 0 aromatic carbocycles. The fourth-order valence-electron chi connectivity index (χ4n) is 1.37. The number of hydrogen-bond acceptors (Lipinski definition) is 3. The van der Waals surface area contributed by atoms with Gasteiger partial charge in [0.25, 0.3) is 11.8 Å². The summed E-state index contributed by atoms with van der Waals surface area (Å²) in [6.07, 6.45) is 5.32. The van der Waals surface area contributed by atoms with Gasteiger partial charge in [-0.25, -0.2) is 0 Å². The Bertz CT molecular complexity index is 294. The van der Waals surface area contributed by atoms with Crippen LogP contribution in [-0.2, 0) is 14.4 Å². The maximum absolute atomic E-state index is 11.1. The molecule has 0 radical (unpaired) electrons. The summed E-state index contributed by atoms with van der Waals surface area (Å²) in [6.45, 7) is 0.436. The van der Waals surface area contributed by atoms with E-state index in [1.807, 2.05) is 0 Å². The van der Waals surface area contributed by atoms with Crippen LogP contribution in [0.15, 0.2) is 12.2 Å². The van der Waals surface area contributed by atoms with Gasteiger partial charge in [-0.2, -0.15) is 0 Å². The average Bonchev–Trinajstić information content (AvgIpc) is 2.47. The van der Waals surface area contributed by atoms with Crippen molar-refractivity contribution < 1.29 is 14.4 Å². The van der Waals surface area contributed by atoms with Gasteiger partial charge < -0.3 is 0 Å². The molecule has 1 heterocycles. The van der Waals surface area contributed by atoms with Crippen LogP contribution in [0.3, 0.4) is 0 Å². The molecule has 2 amide bonds. The van der Waals surface area contributed by atoms with Crippen molar-refractivity contribution in [2.75, 3.05) is 6.54 Å². The molecule has 0 aromatic heterocycles. The van der Waals surface area contributed by atoms with Crippen LogP contribution in [-0.4, -0.2) is 28.4 Å². The van der Waals surface area contributed by atoms with E-state index in [9.17, 15) is 14.4 Å². The largest absolute Gasteiger partial charge is 0.288 e. The molecule has 1 aliphatic rings. The number of imide groups is 1. The van der Waals surface area contributed by atoms with E-state index in [0.29, 0.717) is 13.0 Å². The van der Waals surface area contributed by atoms with Crippen LogP contribution in [0, 0.1) is 0 Å². The lowest BCUT2D eigenvalue weighted by molar-refractivity contribution is -0.136. The van der Waals surface area contributed by atoms with E-state index in [2.05, 4.69) is 12.6 Å². The van der Waals surface area contributed by atoms with Crippen molar-refractivity contribution in [2.24, 2.45) is 0 Å². The van der Waals surface area contributed by atoms with Crippen molar-refractivity contribution in [3.8, 4) is 0 Å². The van der Waals surface area contributed by atoms with Gasteiger partial charge in [-0.1, -0.05) is 6.42 Å². The van der Waals surface area contributed by atoms with Crippen LogP contribution < -0.4 is 0 Å². The van der Waals surface area contributed by atoms with Crippen LogP contribution in [0.5, 0.6) is 0 Å². The molecule has 0 saturated carbocycles. The number of hydrogen-bond donors (Lipinski definition) is 1. The monoisotopic (exact) mass is 227 g/mol. The van der Waals surface area contributed by atoms with Crippen LogP contribution >= 0.6 is 12.6 Å². The first kappa shape index (κ1) is 12.0. The maximum atomic E-state index is 11.1. The van der Waals surface area contributed by atoms with E-state index < -0.39 is 0 Å². The Morgan fingerprint density at radius 1 is 1.13 bits per heavy atom. The van der Waals surface area contributed by atoms with Gasteiger partial charge in [0.1, 0.15) is 0 Å². The van der Waals surface area contributed by atoms with Crippen molar-refractivity contribution in [1.29, 1.82) is 0 Å². The third-order valence-electron chi connectivity index (χ3n) is 2.17. The molecule has 5 heteroatoms. The molecule has 0 N–H and O–H groups in total. The van der Waals surface area contributed by atoms with Gasteiger partial charge >= 0.3 is 0 Å². The number of unbranched alkanes of at least 4 members (excludes halogenated alkanes) is 2. The van der Waals surface area contributed by atoms with Gasteiger partial charge in [-0.3, -0.25) is 19.3 Å². The van der Waals surface area contributed by atoms with E-state index in [0.717, 1.165) is 19.3 Å². The van der Waals surface area contributed by atoms with E-state index in [1.165, 1.54) is 17.1 Å². The first-order valence-electron chi connectivity index (χ1n) is 4.86. The number of carbonyl (C=O) groups is 3. The summed E-state index contributed by atoms with van der Waals surface area (Å²) < 4.78 is 0. The van der Waals surface area contributed by atoms with Crippen molar-refractivity contribution in [3.05, 3.63) is 12.2 Å². The zero-order chi connectivity index (χ0) is 11.3. The second kappa shape index (κ2) is 5.70. The molecule has 1 aliphatic heterocycles. The molecular weight excluding hydrogens is 214 g/mol. The van der Waals surface area contributed by atoms with Crippen LogP contribution in [0.1, 0.15) is 25.7 Å². The number of thiol groups is 1. The lowest BCUT2D eigenvalue weighted by Gasteiger charge is -2.12. The minimum atomic E-state index is -0.245. The molecule has 4 nitrogen and oxygen atoms in total. The van der Waals surface area contributed by atoms with E-state index >= 15 is 0 Å². The highest BCUT2D eigenvalue weighted by molar-refractivity contribution is 7.96. The molecule has 0 aromatic rings. The Labute approximate surface area is 93.7 Å². The Balaban J connectivity index is 2.13. The van der Waals surface area contributed by atoms with E-state index in [1.54, 1.807) is 0 Å². The molecular formula is C10H13NO3S. The number of nitrogens with zero attached hydrogens (tertiary/aromatic N) is 1. The first-order chi connectivity index (χ1) is 7.11. The molecule has 82 valence electrons. The summed E-state index contributed by atoms with van der Waals surface area (Å²) in [5.41, 5.74) is 0. The third-order valence-corrected chi connectivity index (χ3v) is 2.40. The van der Waals surface area contributed by atoms with E-state index in [4.69, 9.17) is 0 Å². The Hall–Kier alpha value is -1.10. The number of rotatable bonds is 6. The van der Waals surface area contributed by atoms with Crippen molar-refractivity contribution in [2.45, 2.75) is 25.7 Å². The Morgan fingerprint density at radius 3 is 2.27 bits per heavy atom. The summed E-state index contributed by atoms with van der Waals surface area (Å²) in [6, 6.07) is 0. The lowest BCUT2D eigenvalue weighted by Crippen LogP contribution is -2.30. The number of carbonyl (C=O) groups excluding carboxylic acids is 3. The molecule has 0 atom stereocenters. The SMILES string of the molecule is O=C(S)CCCCCN1C(=O)C=CC1=O. The maximum Gasteiger partial charge on any atom is 0.253 e. The fraction of sp³-hybridized carbons (Fsp3) is 0.500. The van der Waals surface area contributed by atoms with E-state index in [-0.39, 0.29) is 16.9 Å². The molecule has 0 bridgehead atoms. The van der Waals surface area contributed by atoms with Gasteiger partial charge in [0.15, 0.2) is 5.12 Å². The minimum Gasteiger partial charge on any atom is -0.288 e. The number of amides is 2. The molecule has 15 heavy (non-hydrogen) atoms. The highest BCUT2D eigenvalue weighted by atomic mass is 32.1.